The molecular formula is C30H34ClNO4. The largest absolute Gasteiger partial charge is 0.466 e. The van der Waals surface area contributed by atoms with E-state index in [1.807, 2.05) is 22.7 Å². The van der Waals surface area contributed by atoms with Crippen molar-refractivity contribution in [3.63, 3.8) is 0 Å². The Hall–Kier alpha value is -2.92. The number of nitrogens with zero attached hydrogens (tertiary/aromatic N) is 1. The van der Waals surface area contributed by atoms with Crippen LogP contribution in [0.1, 0.15) is 97.3 Å². The lowest BCUT2D eigenvalue weighted by atomic mass is 9.77. The van der Waals surface area contributed by atoms with Gasteiger partial charge >= 0.3 is 5.97 Å². The third-order valence-corrected chi connectivity index (χ3v) is 7.47. The molecule has 1 aromatic carbocycles. The summed E-state index contributed by atoms with van der Waals surface area (Å²) in [5.74, 6) is -0.297. The first kappa shape index (κ1) is 26.2. The zero-order valence-electron chi connectivity index (χ0n) is 21.7. The molecule has 6 heteroatoms. The number of ketones is 2. The third kappa shape index (κ3) is 4.86. The Balaban J connectivity index is 2.00. The van der Waals surface area contributed by atoms with Crippen molar-refractivity contribution in [1.82, 2.24) is 4.40 Å². The van der Waals surface area contributed by atoms with Crippen LogP contribution in [0.4, 0.5) is 0 Å². The zero-order valence-corrected chi connectivity index (χ0v) is 22.4. The van der Waals surface area contributed by atoms with E-state index in [4.69, 9.17) is 16.3 Å². The van der Waals surface area contributed by atoms with Crippen LogP contribution in [0.2, 0.25) is 5.02 Å². The first-order valence-electron chi connectivity index (χ1n) is 12.7. The number of halogens is 1. The van der Waals surface area contributed by atoms with Gasteiger partial charge in [-0.25, -0.2) is 0 Å². The van der Waals surface area contributed by atoms with Gasteiger partial charge in [0.25, 0.3) is 0 Å². The molecular weight excluding hydrogens is 474 g/mol. The Morgan fingerprint density at radius 3 is 2.33 bits per heavy atom. The van der Waals surface area contributed by atoms with Crippen molar-refractivity contribution in [1.29, 1.82) is 0 Å². The molecule has 0 radical (unpaired) electrons. The molecule has 2 heterocycles. The number of aromatic nitrogens is 1. The van der Waals surface area contributed by atoms with Gasteiger partial charge < -0.3 is 9.14 Å². The molecule has 1 aliphatic carbocycles. The standard InChI is InChI=1S/C30H34ClNO4/c1-6-36-29(35)30(4,5)17-23-25(27(33)19-8-7-9-19)24-16-21(18(2)3)14-15-32(24)26(23)28(34)20-10-12-22(31)13-11-20/h10-16,18-19H,6-9,17H2,1-5H3. The topological polar surface area (TPSA) is 64.8 Å². The molecule has 5 nitrogen and oxygen atoms in total. The van der Waals surface area contributed by atoms with Crippen molar-refractivity contribution < 1.29 is 19.1 Å². The van der Waals surface area contributed by atoms with E-state index >= 15 is 0 Å². The molecule has 0 spiro atoms. The quantitative estimate of drug-likeness (QED) is 0.229. The number of Topliss-reactive ketones (excluding diaryl/α,β-unsaturated/α-hetero) is 1. The summed E-state index contributed by atoms with van der Waals surface area (Å²) in [6.07, 6.45) is 4.82. The van der Waals surface area contributed by atoms with Crippen LogP contribution in [0.15, 0.2) is 42.6 Å². The van der Waals surface area contributed by atoms with Gasteiger partial charge in [0.15, 0.2) is 5.78 Å². The maximum absolute atomic E-state index is 14.0. The molecule has 0 atom stereocenters. The van der Waals surface area contributed by atoms with Crippen LogP contribution >= 0.6 is 11.6 Å². The minimum absolute atomic E-state index is 0.0538. The maximum atomic E-state index is 14.0. The molecule has 0 aliphatic heterocycles. The Bertz CT molecular complexity index is 1310. The van der Waals surface area contributed by atoms with E-state index in [2.05, 4.69) is 13.8 Å². The van der Waals surface area contributed by atoms with E-state index in [1.54, 1.807) is 45.0 Å². The lowest BCUT2D eigenvalue weighted by Crippen LogP contribution is -2.31. The summed E-state index contributed by atoms with van der Waals surface area (Å²) < 4.78 is 7.19. The minimum Gasteiger partial charge on any atom is -0.466 e. The van der Waals surface area contributed by atoms with Gasteiger partial charge in [0.2, 0.25) is 5.78 Å². The van der Waals surface area contributed by atoms with E-state index in [-0.39, 0.29) is 42.4 Å². The number of hydrogen-bond acceptors (Lipinski definition) is 4. The number of esters is 1. The number of rotatable bonds is 9. The number of benzene rings is 1. The van der Waals surface area contributed by atoms with Crippen LogP contribution in [0, 0.1) is 11.3 Å². The van der Waals surface area contributed by atoms with Gasteiger partial charge in [-0.2, -0.15) is 0 Å². The number of hydrogen-bond donors (Lipinski definition) is 0. The number of ether oxygens (including phenoxy) is 1. The highest BCUT2D eigenvalue weighted by atomic mass is 35.5. The summed E-state index contributed by atoms with van der Waals surface area (Å²) in [4.78, 5) is 40.8. The van der Waals surface area contributed by atoms with Gasteiger partial charge in [0.05, 0.1) is 23.2 Å². The van der Waals surface area contributed by atoms with Gasteiger partial charge in [-0.3, -0.25) is 14.4 Å². The molecule has 1 aliphatic rings. The van der Waals surface area contributed by atoms with Crippen molar-refractivity contribution in [2.45, 2.75) is 66.2 Å². The third-order valence-electron chi connectivity index (χ3n) is 7.22. The average Bonchev–Trinajstić information content (AvgIpc) is 3.10. The molecule has 2 aromatic heterocycles. The highest BCUT2D eigenvalue weighted by Gasteiger charge is 2.38. The number of pyridine rings is 1. The number of carbonyl (C=O) groups excluding carboxylic acids is 3. The van der Waals surface area contributed by atoms with Gasteiger partial charge in [-0.15, -0.1) is 0 Å². The fraction of sp³-hybridized carbons (Fsp3) is 0.433. The molecule has 1 saturated carbocycles. The van der Waals surface area contributed by atoms with Crippen LogP contribution in [0.25, 0.3) is 5.52 Å². The van der Waals surface area contributed by atoms with Gasteiger partial charge in [0.1, 0.15) is 0 Å². The second kappa shape index (κ2) is 10.2. The Morgan fingerprint density at radius 2 is 1.78 bits per heavy atom. The number of fused-ring (bicyclic) bond motifs is 1. The van der Waals surface area contributed by atoms with Crippen molar-refractivity contribution in [2.24, 2.45) is 11.3 Å². The van der Waals surface area contributed by atoms with Gasteiger partial charge in [-0.1, -0.05) is 31.9 Å². The average molecular weight is 508 g/mol. The monoisotopic (exact) mass is 507 g/mol. The SMILES string of the molecule is CCOC(=O)C(C)(C)Cc1c(C(=O)C2CCC2)c2cc(C(C)C)ccn2c1C(=O)c1ccc(Cl)cc1. The van der Waals surface area contributed by atoms with Crippen LogP contribution < -0.4 is 0 Å². The Labute approximate surface area is 217 Å². The van der Waals surface area contributed by atoms with Crippen molar-refractivity contribution in [2.75, 3.05) is 6.61 Å². The molecule has 36 heavy (non-hydrogen) atoms. The normalized spacial score (nSPS) is 14.2. The lowest BCUT2D eigenvalue weighted by molar-refractivity contribution is -0.153. The minimum atomic E-state index is -0.925. The summed E-state index contributed by atoms with van der Waals surface area (Å²) in [5.41, 5.74) is 2.97. The van der Waals surface area contributed by atoms with Crippen molar-refractivity contribution >= 4 is 34.7 Å². The van der Waals surface area contributed by atoms with E-state index < -0.39 is 5.41 Å². The lowest BCUT2D eigenvalue weighted by Gasteiger charge is -2.26. The van der Waals surface area contributed by atoms with Crippen molar-refractivity contribution in [3.8, 4) is 0 Å². The fourth-order valence-electron chi connectivity index (χ4n) is 4.83. The molecule has 0 amide bonds. The highest BCUT2D eigenvalue weighted by Crippen LogP contribution is 2.38. The van der Waals surface area contributed by atoms with Crippen LogP contribution in [0.5, 0.6) is 0 Å². The molecule has 0 bridgehead atoms. The molecule has 0 unspecified atom stereocenters. The molecule has 190 valence electrons. The molecule has 4 rings (SSSR count). The number of carbonyl (C=O) groups is 3. The summed E-state index contributed by atoms with van der Waals surface area (Å²) in [6.45, 7) is 9.86. The summed E-state index contributed by atoms with van der Waals surface area (Å²) in [7, 11) is 0. The van der Waals surface area contributed by atoms with E-state index in [0.29, 0.717) is 27.4 Å². The van der Waals surface area contributed by atoms with Crippen LogP contribution in [0.3, 0.4) is 0 Å². The summed E-state index contributed by atoms with van der Waals surface area (Å²) in [5, 5.41) is 0.540. The second-order valence-corrected chi connectivity index (χ2v) is 11.1. The molecule has 1 fully saturated rings. The Kier molecular flexibility index (Phi) is 7.42. The predicted molar refractivity (Wildman–Crippen MR) is 142 cm³/mol. The van der Waals surface area contributed by atoms with Gasteiger partial charge in [-0.05, 0) is 93.5 Å². The maximum Gasteiger partial charge on any atom is 0.311 e. The fourth-order valence-corrected chi connectivity index (χ4v) is 4.95. The highest BCUT2D eigenvalue weighted by molar-refractivity contribution is 6.30. The van der Waals surface area contributed by atoms with Gasteiger partial charge in [0, 0.05) is 28.3 Å². The zero-order chi connectivity index (χ0) is 26.2. The van der Waals surface area contributed by atoms with Crippen LogP contribution in [-0.2, 0) is 16.0 Å². The second-order valence-electron chi connectivity index (χ2n) is 10.7. The van der Waals surface area contributed by atoms with E-state index in [0.717, 1.165) is 30.3 Å². The summed E-state index contributed by atoms with van der Waals surface area (Å²) >= 11 is 6.08. The van der Waals surface area contributed by atoms with Crippen LogP contribution in [-0.4, -0.2) is 28.5 Å². The first-order chi connectivity index (χ1) is 17.0. The Morgan fingerprint density at radius 1 is 1.11 bits per heavy atom. The smallest absolute Gasteiger partial charge is 0.311 e. The summed E-state index contributed by atoms with van der Waals surface area (Å²) in [6, 6.07) is 10.8. The first-order valence-corrected chi connectivity index (χ1v) is 13.1. The molecule has 0 N–H and O–H groups in total. The van der Waals surface area contributed by atoms with E-state index in [9.17, 15) is 14.4 Å². The van der Waals surface area contributed by atoms with Crippen molar-refractivity contribution in [3.05, 3.63) is 75.6 Å². The predicted octanol–water partition coefficient (Wildman–Crippen LogP) is 7.06. The molecule has 0 saturated heterocycles. The van der Waals surface area contributed by atoms with E-state index in [1.165, 1.54) is 0 Å². The molecule has 3 aromatic rings.